The number of fused-ring (bicyclic) bond motifs is 1. The molecule has 0 aliphatic carbocycles. The Balaban J connectivity index is 1.72. The number of hydrogen-bond donors (Lipinski definition) is 2. The van der Waals surface area contributed by atoms with Crippen LogP contribution in [0.1, 0.15) is 28.0 Å². The molecule has 0 radical (unpaired) electrons. The second-order valence-electron chi connectivity index (χ2n) is 7.77. The van der Waals surface area contributed by atoms with Crippen molar-refractivity contribution in [3.8, 4) is 16.9 Å². The summed E-state index contributed by atoms with van der Waals surface area (Å²) in [6.45, 7) is 4.10. The molecule has 1 heterocycles. The van der Waals surface area contributed by atoms with Crippen LogP contribution in [0.4, 0.5) is 0 Å². The van der Waals surface area contributed by atoms with Crippen LogP contribution in [0.3, 0.4) is 0 Å². The summed E-state index contributed by atoms with van der Waals surface area (Å²) in [6, 6.07) is 19.5. The number of carboxylic acid groups (broad SMARTS) is 1. The van der Waals surface area contributed by atoms with E-state index in [4.69, 9.17) is 9.15 Å². The minimum Gasteiger partial charge on any atom is -0.489 e. The normalized spacial score (nSPS) is 11.1. The Morgan fingerprint density at radius 2 is 1.81 bits per heavy atom. The first kappa shape index (κ1) is 20.7. The lowest BCUT2D eigenvalue weighted by molar-refractivity contribution is -0.136. The maximum atomic E-state index is 11.2. The molecule has 4 aromatic rings. The number of aryl methyl sites for hydroxylation is 2. The van der Waals surface area contributed by atoms with Crippen LogP contribution in [0, 0.1) is 13.8 Å². The highest BCUT2D eigenvalue weighted by molar-refractivity contribution is 5.93. The van der Waals surface area contributed by atoms with E-state index in [0.29, 0.717) is 17.1 Å². The van der Waals surface area contributed by atoms with Crippen LogP contribution in [0.2, 0.25) is 0 Å². The first-order valence-corrected chi connectivity index (χ1v) is 10.1. The summed E-state index contributed by atoms with van der Waals surface area (Å²) in [4.78, 5) is 11.2. The number of ether oxygens (including phenoxy) is 1. The molecule has 0 spiro atoms. The van der Waals surface area contributed by atoms with E-state index in [1.54, 1.807) is 6.07 Å². The number of aliphatic hydroxyl groups excluding tert-OH is 1. The summed E-state index contributed by atoms with van der Waals surface area (Å²) in [7, 11) is 0. The molecule has 0 atom stereocenters. The topological polar surface area (TPSA) is 79.9 Å². The molecule has 0 unspecified atom stereocenters. The van der Waals surface area contributed by atoms with Crippen LogP contribution in [0.5, 0.6) is 5.75 Å². The first-order valence-electron chi connectivity index (χ1n) is 10.1. The minimum atomic E-state index is -0.896. The van der Waals surface area contributed by atoms with E-state index in [-0.39, 0.29) is 19.6 Å². The molecule has 0 aliphatic rings. The highest BCUT2D eigenvalue weighted by Gasteiger charge is 2.14. The molecule has 3 aromatic carbocycles. The van der Waals surface area contributed by atoms with Gasteiger partial charge in [-0.2, -0.15) is 0 Å². The number of furan rings is 1. The van der Waals surface area contributed by atoms with Gasteiger partial charge in [-0.3, -0.25) is 4.79 Å². The van der Waals surface area contributed by atoms with Gasteiger partial charge in [-0.15, -0.1) is 0 Å². The Morgan fingerprint density at radius 3 is 2.55 bits per heavy atom. The SMILES string of the molecule is Cc1cccc(-c2cc(COc3cc(C)ccc3CC(=O)O)cc3cc(CO)oc23)c1. The Labute approximate surface area is 180 Å². The fourth-order valence-electron chi connectivity index (χ4n) is 3.72. The molecule has 0 aliphatic heterocycles. The van der Waals surface area contributed by atoms with Crippen molar-refractivity contribution >= 4 is 16.9 Å². The molecule has 1 aromatic heterocycles. The van der Waals surface area contributed by atoms with Crippen molar-refractivity contribution in [3.05, 3.63) is 88.7 Å². The Morgan fingerprint density at radius 1 is 1.00 bits per heavy atom. The lowest BCUT2D eigenvalue weighted by Gasteiger charge is -2.13. The van der Waals surface area contributed by atoms with Crippen molar-refractivity contribution in [1.82, 2.24) is 0 Å². The van der Waals surface area contributed by atoms with Crippen molar-refractivity contribution in [3.63, 3.8) is 0 Å². The predicted molar refractivity (Wildman–Crippen MR) is 119 cm³/mol. The van der Waals surface area contributed by atoms with Gasteiger partial charge in [0.05, 0.1) is 6.42 Å². The maximum Gasteiger partial charge on any atom is 0.307 e. The van der Waals surface area contributed by atoms with Gasteiger partial charge < -0.3 is 19.4 Å². The highest BCUT2D eigenvalue weighted by atomic mass is 16.5. The Bertz CT molecular complexity index is 1250. The number of hydrogen-bond acceptors (Lipinski definition) is 4. The molecule has 0 amide bonds. The van der Waals surface area contributed by atoms with Gasteiger partial charge in [0, 0.05) is 16.5 Å². The number of benzene rings is 3. The molecule has 0 saturated carbocycles. The molecule has 5 heteroatoms. The zero-order valence-electron chi connectivity index (χ0n) is 17.5. The van der Waals surface area contributed by atoms with E-state index in [2.05, 4.69) is 6.07 Å². The average molecular weight is 416 g/mol. The van der Waals surface area contributed by atoms with E-state index >= 15 is 0 Å². The first-order chi connectivity index (χ1) is 14.9. The summed E-state index contributed by atoms with van der Waals surface area (Å²) in [6.07, 6.45) is -0.0925. The number of aliphatic carboxylic acids is 1. The van der Waals surface area contributed by atoms with E-state index < -0.39 is 5.97 Å². The van der Waals surface area contributed by atoms with Gasteiger partial charge in [0.25, 0.3) is 0 Å². The van der Waals surface area contributed by atoms with Crippen molar-refractivity contribution in [2.75, 3.05) is 0 Å². The Hall–Kier alpha value is -3.57. The summed E-state index contributed by atoms with van der Waals surface area (Å²) in [5.41, 5.74) is 6.38. The number of carbonyl (C=O) groups is 1. The molecule has 0 fully saturated rings. The number of carboxylic acids is 1. The van der Waals surface area contributed by atoms with Crippen LogP contribution < -0.4 is 4.74 Å². The second kappa shape index (κ2) is 8.66. The molecule has 5 nitrogen and oxygen atoms in total. The quantitative estimate of drug-likeness (QED) is 0.421. The van der Waals surface area contributed by atoms with Gasteiger partial charge >= 0.3 is 5.97 Å². The van der Waals surface area contributed by atoms with Gasteiger partial charge in [0.1, 0.15) is 30.3 Å². The van der Waals surface area contributed by atoms with Crippen LogP contribution in [-0.4, -0.2) is 16.2 Å². The molecular weight excluding hydrogens is 392 g/mol. The second-order valence-corrected chi connectivity index (χ2v) is 7.77. The van der Waals surface area contributed by atoms with Crippen LogP contribution >= 0.6 is 0 Å². The number of rotatable bonds is 7. The monoisotopic (exact) mass is 416 g/mol. The molecule has 2 N–H and O–H groups in total. The third-order valence-corrected chi connectivity index (χ3v) is 5.17. The summed E-state index contributed by atoms with van der Waals surface area (Å²) < 4.78 is 11.9. The van der Waals surface area contributed by atoms with Gasteiger partial charge in [-0.05, 0) is 54.8 Å². The minimum absolute atomic E-state index is 0.0925. The fourth-order valence-corrected chi connectivity index (χ4v) is 3.72. The highest BCUT2D eigenvalue weighted by Crippen LogP contribution is 2.34. The molecule has 158 valence electrons. The molecule has 4 rings (SSSR count). The van der Waals surface area contributed by atoms with E-state index in [1.165, 1.54) is 0 Å². The lowest BCUT2D eigenvalue weighted by atomic mass is 9.99. The van der Waals surface area contributed by atoms with Gasteiger partial charge in [-0.25, -0.2) is 0 Å². The van der Waals surface area contributed by atoms with Crippen LogP contribution in [0.15, 0.2) is 65.1 Å². The van der Waals surface area contributed by atoms with Crippen molar-refractivity contribution in [2.24, 2.45) is 0 Å². The van der Waals surface area contributed by atoms with E-state index in [9.17, 15) is 15.0 Å². The standard InChI is InChI=1S/C26H24O5/c1-16-4-3-5-19(8-16)23-11-18(10-21-12-22(14-27)31-26(21)23)15-30-24-9-17(2)6-7-20(24)13-25(28)29/h3-12,27H,13-15H2,1-2H3,(H,28,29). The summed E-state index contributed by atoms with van der Waals surface area (Å²) >= 11 is 0. The third-order valence-electron chi connectivity index (χ3n) is 5.17. The lowest BCUT2D eigenvalue weighted by Crippen LogP contribution is -2.04. The zero-order chi connectivity index (χ0) is 22.0. The number of aliphatic hydroxyl groups is 1. The summed E-state index contributed by atoms with van der Waals surface area (Å²) in [5, 5.41) is 19.6. The smallest absolute Gasteiger partial charge is 0.307 e. The largest absolute Gasteiger partial charge is 0.489 e. The van der Waals surface area contributed by atoms with E-state index in [0.717, 1.165) is 38.8 Å². The molecule has 0 bridgehead atoms. The maximum absolute atomic E-state index is 11.2. The summed E-state index contributed by atoms with van der Waals surface area (Å²) in [5.74, 6) is 0.180. The molecule has 0 saturated heterocycles. The fraction of sp³-hybridized carbons (Fsp3) is 0.192. The van der Waals surface area contributed by atoms with Crippen LogP contribution in [-0.2, 0) is 24.4 Å². The van der Waals surface area contributed by atoms with Crippen molar-refractivity contribution < 1.29 is 24.2 Å². The van der Waals surface area contributed by atoms with Gasteiger partial charge in [-0.1, -0.05) is 42.0 Å². The van der Waals surface area contributed by atoms with Crippen LogP contribution in [0.25, 0.3) is 22.1 Å². The van der Waals surface area contributed by atoms with Gasteiger partial charge in [0.2, 0.25) is 0 Å². The molecule has 31 heavy (non-hydrogen) atoms. The predicted octanol–water partition coefficient (Wildman–Crippen LogP) is 5.42. The van der Waals surface area contributed by atoms with Gasteiger partial charge in [0.15, 0.2) is 0 Å². The average Bonchev–Trinajstić information content (AvgIpc) is 3.16. The third kappa shape index (κ3) is 4.62. The van der Waals surface area contributed by atoms with Crippen molar-refractivity contribution in [1.29, 1.82) is 0 Å². The van der Waals surface area contributed by atoms with E-state index in [1.807, 2.05) is 62.4 Å². The zero-order valence-corrected chi connectivity index (χ0v) is 17.5. The van der Waals surface area contributed by atoms with Crippen molar-refractivity contribution in [2.45, 2.75) is 33.5 Å². The molecular formula is C26H24O5. The Kier molecular flexibility index (Phi) is 5.78.